The highest BCUT2D eigenvalue weighted by molar-refractivity contribution is 5.75. The van der Waals surface area contributed by atoms with Crippen LogP contribution in [-0.2, 0) is 7.05 Å². The third-order valence-corrected chi connectivity index (χ3v) is 1.74. The SMILES string of the molecule is Cn1nnc2ccc(C#N)cc21. The monoisotopic (exact) mass is 158 g/mol. The topological polar surface area (TPSA) is 54.5 Å². The number of rotatable bonds is 0. The van der Waals surface area contributed by atoms with Crippen LogP contribution < -0.4 is 0 Å². The molecule has 0 spiro atoms. The van der Waals surface area contributed by atoms with Crippen molar-refractivity contribution < 1.29 is 0 Å². The molecule has 2 aromatic rings. The number of nitrogens with zero attached hydrogens (tertiary/aromatic N) is 4. The molecule has 4 nitrogen and oxygen atoms in total. The Kier molecular flexibility index (Phi) is 1.31. The van der Waals surface area contributed by atoms with E-state index in [0.717, 1.165) is 11.0 Å². The molecule has 0 radical (unpaired) electrons. The predicted octanol–water partition coefficient (Wildman–Crippen LogP) is 0.840. The van der Waals surface area contributed by atoms with Gasteiger partial charge in [0.05, 0.1) is 17.1 Å². The first-order valence-electron chi connectivity index (χ1n) is 3.51. The fourth-order valence-electron chi connectivity index (χ4n) is 1.10. The Labute approximate surface area is 69.0 Å². The van der Waals surface area contributed by atoms with Gasteiger partial charge in [0.1, 0.15) is 5.52 Å². The first kappa shape index (κ1) is 6.80. The molecule has 0 aliphatic carbocycles. The number of hydrogen-bond acceptors (Lipinski definition) is 3. The van der Waals surface area contributed by atoms with Gasteiger partial charge in [0.25, 0.3) is 0 Å². The predicted molar refractivity (Wildman–Crippen MR) is 43.2 cm³/mol. The lowest BCUT2D eigenvalue weighted by Crippen LogP contribution is -1.89. The molecule has 0 saturated heterocycles. The second kappa shape index (κ2) is 2.31. The van der Waals surface area contributed by atoms with E-state index in [1.165, 1.54) is 0 Å². The molecule has 1 aromatic carbocycles. The Morgan fingerprint density at radius 1 is 1.50 bits per heavy atom. The summed E-state index contributed by atoms with van der Waals surface area (Å²) in [6, 6.07) is 7.37. The highest BCUT2D eigenvalue weighted by Crippen LogP contribution is 2.11. The Bertz CT molecular complexity index is 463. The van der Waals surface area contributed by atoms with E-state index in [4.69, 9.17) is 5.26 Å². The number of aromatic nitrogens is 3. The van der Waals surface area contributed by atoms with Crippen LogP contribution >= 0.6 is 0 Å². The zero-order chi connectivity index (χ0) is 8.55. The summed E-state index contributed by atoms with van der Waals surface area (Å²) in [5, 5.41) is 16.4. The van der Waals surface area contributed by atoms with E-state index >= 15 is 0 Å². The van der Waals surface area contributed by atoms with Gasteiger partial charge in [-0.1, -0.05) is 5.21 Å². The number of nitriles is 1. The minimum Gasteiger partial charge on any atom is -0.248 e. The van der Waals surface area contributed by atoms with E-state index in [2.05, 4.69) is 16.4 Å². The Hall–Kier alpha value is -1.89. The van der Waals surface area contributed by atoms with Crippen LogP contribution in [0.25, 0.3) is 11.0 Å². The second-order valence-corrected chi connectivity index (χ2v) is 2.53. The lowest BCUT2D eigenvalue weighted by Gasteiger charge is -1.90. The molecular weight excluding hydrogens is 152 g/mol. The summed E-state index contributed by atoms with van der Waals surface area (Å²) in [5.74, 6) is 0. The summed E-state index contributed by atoms with van der Waals surface area (Å²) in [6.45, 7) is 0. The minimum absolute atomic E-state index is 0.632. The van der Waals surface area contributed by atoms with E-state index in [9.17, 15) is 0 Å². The molecule has 0 saturated carbocycles. The molecule has 0 N–H and O–H groups in total. The van der Waals surface area contributed by atoms with Crippen LogP contribution in [0.5, 0.6) is 0 Å². The Morgan fingerprint density at radius 3 is 3.08 bits per heavy atom. The van der Waals surface area contributed by atoms with Gasteiger partial charge in [0.15, 0.2) is 0 Å². The summed E-state index contributed by atoms with van der Waals surface area (Å²) >= 11 is 0. The molecule has 4 heteroatoms. The van der Waals surface area contributed by atoms with Crippen molar-refractivity contribution >= 4 is 11.0 Å². The number of aryl methyl sites for hydroxylation is 1. The van der Waals surface area contributed by atoms with Gasteiger partial charge in [-0.25, -0.2) is 4.68 Å². The molecule has 1 heterocycles. The lowest BCUT2D eigenvalue weighted by atomic mass is 10.2. The number of benzene rings is 1. The summed E-state index contributed by atoms with van der Waals surface area (Å²) in [6.07, 6.45) is 0. The second-order valence-electron chi connectivity index (χ2n) is 2.53. The maximum Gasteiger partial charge on any atom is 0.113 e. The normalized spacial score (nSPS) is 10.0. The third kappa shape index (κ3) is 0.839. The summed E-state index contributed by atoms with van der Waals surface area (Å²) < 4.78 is 1.65. The highest BCUT2D eigenvalue weighted by Gasteiger charge is 2.00. The standard InChI is InChI=1S/C8H6N4/c1-12-8-4-6(5-9)2-3-7(8)10-11-12/h2-4H,1H3. The molecule has 12 heavy (non-hydrogen) atoms. The maximum absolute atomic E-state index is 8.63. The first-order chi connectivity index (χ1) is 5.81. The highest BCUT2D eigenvalue weighted by atomic mass is 15.4. The van der Waals surface area contributed by atoms with Crippen LogP contribution in [0.2, 0.25) is 0 Å². The number of hydrogen-bond donors (Lipinski definition) is 0. The van der Waals surface area contributed by atoms with Crippen molar-refractivity contribution in [2.75, 3.05) is 0 Å². The maximum atomic E-state index is 8.63. The first-order valence-corrected chi connectivity index (χ1v) is 3.51. The van der Waals surface area contributed by atoms with Crippen molar-refractivity contribution in [2.24, 2.45) is 7.05 Å². The van der Waals surface area contributed by atoms with Crippen molar-refractivity contribution in [3.05, 3.63) is 23.8 Å². The third-order valence-electron chi connectivity index (χ3n) is 1.74. The summed E-state index contributed by atoms with van der Waals surface area (Å²) in [4.78, 5) is 0. The fourth-order valence-corrected chi connectivity index (χ4v) is 1.10. The average Bonchev–Trinajstić information content (AvgIpc) is 2.47. The van der Waals surface area contributed by atoms with Crippen LogP contribution in [-0.4, -0.2) is 15.0 Å². The zero-order valence-corrected chi connectivity index (χ0v) is 6.52. The molecule has 1 aromatic heterocycles. The molecule has 0 amide bonds. The van der Waals surface area contributed by atoms with Gasteiger partial charge in [-0.05, 0) is 18.2 Å². The number of fused-ring (bicyclic) bond motifs is 1. The van der Waals surface area contributed by atoms with E-state index in [-0.39, 0.29) is 0 Å². The van der Waals surface area contributed by atoms with Gasteiger partial charge >= 0.3 is 0 Å². The van der Waals surface area contributed by atoms with Crippen molar-refractivity contribution in [3.8, 4) is 6.07 Å². The zero-order valence-electron chi connectivity index (χ0n) is 6.52. The molecule has 0 fully saturated rings. The van der Waals surface area contributed by atoms with Gasteiger partial charge < -0.3 is 0 Å². The van der Waals surface area contributed by atoms with Crippen LogP contribution in [0.15, 0.2) is 18.2 Å². The molecule has 0 atom stereocenters. The van der Waals surface area contributed by atoms with Crippen molar-refractivity contribution in [3.63, 3.8) is 0 Å². The van der Waals surface area contributed by atoms with E-state index < -0.39 is 0 Å². The van der Waals surface area contributed by atoms with Crippen LogP contribution in [0.1, 0.15) is 5.56 Å². The van der Waals surface area contributed by atoms with Gasteiger partial charge in [0, 0.05) is 7.05 Å². The van der Waals surface area contributed by atoms with Crippen LogP contribution in [0.4, 0.5) is 0 Å². The van der Waals surface area contributed by atoms with E-state index in [0.29, 0.717) is 5.56 Å². The molecule has 2 rings (SSSR count). The van der Waals surface area contributed by atoms with Crippen molar-refractivity contribution in [1.82, 2.24) is 15.0 Å². The smallest absolute Gasteiger partial charge is 0.113 e. The Morgan fingerprint density at radius 2 is 2.33 bits per heavy atom. The van der Waals surface area contributed by atoms with Crippen LogP contribution in [0.3, 0.4) is 0 Å². The van der Waals surface area contributed by atoms with Crippen molar-refractivity contribution in [2.45, 2.75) is 0 Å². The molecule has 0 aliphatic heterocycles. The van der Waals surface area contributed by atoms with E-state index in [1.807, 2.05) is 0 Å². The Balaban J connectivity index is 2.82. The molecule has 0 bridgehead atoms. The van der Waals surface area contributed by atoms with E-state index in [1.54, 1.807) is 29.9 Å². The molecule has 0 unspecified atom stereocenters. The molecular formula is C8H6N4. The fraction of sp³-hybridized carbons (Fsp3) is 0.125. The average molecular weight is 158 g/mol. The summed E-state index contributed by atoms with van der Waals surface area (Å²) in [7, 11) is 1.80. The summed E-state index contributed by atoms with van der Waals surface area (Å²) in [5.41, 5.74) is 2.33. The lowest BCUT2D eigenvalue weighted by molar-refractivity contribution is 0.736. The van der Waals surface area contributed by atoms with Gasteiger partial charge in [-0.15, -0.1) is 5.10 Å². The van der Waals surface area contributed by atoms with Gasteiger partial charge in [-0.3, -0.25) is 0 Å². The van der Waals surface area contributed by atoms with Gasteiger partial charge in [-0.2, -0.15) is 5.26 Å². The minimum atomic E-state index is 0.632. The van der Waals surface area contributed by atoms with Crippen LogP contribution in [0, 0.1) is 11.3 Å². The van der Waals surface area contributed by atoms with Gasteiger partial charge in [0.2, 0.25) is 0 Å². The van der Waals surface area contributed by atoms with Crippen molar-refractivity contribution in [1.29, 1.82) is 5.26 Å². The largest absolute Gasteiger partial charge is 0.248 e. The quantitative estimate of drug-likeness (QED) is 0.570. The molecule has 0 aliphatic rings. The molecule has 58 valence electrons.